The van der Waals surface area contributed by atoms with Gasteiger partial charge >= 0.3 is 0 Å². The smallest absolute Gasteiger partial charge is 0.161 e. The molecular weight excluding hydrogens is 148 g/mol. The van der Waals surface area contributed by atoms with E-state index in [2.05, 4.69) is 41.2 Å². The van der Waals surface area contributed by atoms with Gasteiger partial charge < -0.3 is 0 Å². The van der Waals surface area contributed by atoms with E-state index < -0.39 is 0 Å². The van der Waals surface area contributed by atoms with Crippen LogP contribution in [0.5, 0.6) is 0 Å². The van der Waals surface area contributed by atoms with Crippen LogP contribution >= 0.6 is 0 Å². The van der Waals surface area contributed by atoms with Gasteiger partial charge in [0.1, 0.15) is 0 Å². The zero-order valence-electron chi connectivity index (χ0n) is 4.84. The fourth-order valence-electron chi connectivity index (χ4n) is 0.258. The van der Waals surface area contributed by atoms with E-state index in [4.69, 9.17) is 0 Å². The second-order valence-electron chi connectivity index (χ2n) is 1.12. The molecule has 0 saturated heterocycles. The monoisotopic (exact) mass is 156 g/mol. The van der Waals surface area contributed by atoms with E-state index in [9.17, 15) is 0 Å². The molecule has 11 heavy (non-hydrogen) atoms. The lowest BCUT2D eigenvalue weighted by Crippen LogP contribution is -1.64. The Kier molecular flexibility index (Phi) is 5.20. The Hall–Kier alpha value is -1.86. The number of aromatic nitrogens is 8. The summed E-state index contributed by atoms with van der Waals surface area (Å²) in [6.07, 6.45) is 2.67. The van der Waals surface area contributed by atoms with E-state index in [0.717, 1.165) is 0 Å². The molecule has 2 heterocycles. The van der Waals surface area contributed by atoms with Gasteiger partial charge in [0.25, 0.3) is 0 Å². The molecule has 0 spiro atoms. The Bertz CT molecular complexity index is 149. The first-order valence-corrected chi connectivity index (χ1v) is 2.33. The molecule has 0 atom stereocenters. The first-order valence-electron chi connectivity index (χ1n) is 2.33. The highest BCUT2D eigenvalue weighted by Gasteiger charge is 1.58. The zero-order chi connectivity index (χ0) is 7.07. The number of aromatic amines is 2. The Morgan fingerprint density at radius 3 is 1.36 bits per heavy atom. The summed E-state index contributed by atoms with van der Waals surface area (Å²) in [5.41, 5.74) is 0. The molecule has 0 fully saturated rings. The number of nitrogens with zero attached hydrogens (tertiary/aromatic N) is 6. The van der Waals surface area contributed by atoms with Crippen molar-refractivity contribution in [2.45, 2.75) is 7.43 Å². The van der Waals surface area contributed by atoms with E-state index in [1.165, 1.54) is 12.7 Å². The van der Waals surface area contributed by atoms with Gasteiger partial charge in [0, 0.05) is 0 Å². The van der Waals surface area contributed by atoms with Crippen molar-refractivity contribution in [3.8, 4) is 0 Å². The minimum absolute atomic E-state index is 0. The zero-order valence-corrected chi connectivity index (χ0v) is 4.84. The summed E-state index contributed by atoms with van der Waals surface area (Å²) in [5, 5.41) is 24.3. The third-order valence-corrected chi connectivity index (χ3v) is 0.539. The van der Waals surface area contributed by atoms with Crippen LogP contribution in [0.25, 0.3) is 0 Å². The van der Waals surface area contributed by atoms with Crippen molar-refractivity contribution in [1.82, 2.24) is 41.2 Å². The third-order valence-electron chi connectivity index (χ3n) is 0.539. The molecule has 8 nitrogen and oxygen atoms in total. The normalized spacial score (nSPS) is 7.27. The van der Waals surface area contributed by atoms with Gasteiger partial charge in [-0.3, -0.25) is 0 Å². The maximum atomic E-state index is 3.38. The fraction of sp³-hybridized carbons (Fsp3) is 0.333. The molecule has 2 N–H and O–H groups in total. The summed E-state index contributed by atoms with van der Waals surface area (Å²) in [6.45, 7) is 0. The third kappa shape index (κ3) is 4.63. The Balaban J connectivity index is 0.000000167. The standard InChI is InChI=1S/2CH2N4.CH4/c2*1-2-4-5-3-1;/h2*1H,(H,2,3,4,5);1H4. The van der Waals surface area contributed by atoms with E-state index in [0.29, 0.717) is 0 Å². The van der Waals surface area contributed by atoms with Crippen LogP contribution in [-0.2, 0) is 0 Å². The molecular formula is C3H8N8. The van der Waals surface area contributed by atoms with Crippen LogP contribution in [0.3, 0.4) is 0 Å². The van der Waals surface area contributed by atoms with Crippen molar-refractivity contribution >= 4 is 0 Å². The van der Waals surface area contributed by atoms with Crippen molar-refractivity contribution in [3.05, 3.63) is 12.7 Å². The predicted molar refractivity (Wildman–Crippen MR) is 35.1 cm³/mol. The predicted octanol–water partition coefficient (Wildman–Crippen LogP) is -0.965. The number of hydrogen-bond donors (Lipinski definition) is 2. The summed E-state index contributed by atoms with van der Waals surface area (Å²) in [5.74, 6) is 0. The van der Waals surface area contributed by atoms with E-state index in [1.54, 1.807) is 0 Å². The Morgan fingerprint density at radius 2 is 1.27 bits per heavy atom. The highest BCUT2D eigenvalue weighted by atomic mass is 15.5. The quantitative estimate of drug-likeness (QED) is 0.508. The number of H-pyrrole nitrogens is 2. The summed E-state index contributed by atoms with van der Waals surface area (Å²) in [6, 6.07) is 0. The lowest BCUT2D eigenvalue weighted by molar-refractivity contribution is 0.881. The molecule has 8 heteroatoms. The number of nitrogens with one attached hydrogen (secondary N) is 2. The van der Waals surface area contributed by atoms with Crippen LogP contribution in [-0.4, -0.2) is 41.2 Å². The van der Waals surface area contributed by atoms with Gasteiger partial charge in [0.2, 0.25) is 0 Å². The number of rotatable bonds is 0. The molecule has 0 aliphatic carbocycles. The summed E-state index contributed by atoms with van der Waals surface area (Å²) < 4.78 is 0. The number of hydrogen-bond acceptors (Lipinski definition) is 6. The minimum atomic E-state index is 0. The van der Waals surface area contributed by atoms with E-state index in [1.807, 2.05) is 0 Å². The SMILES string of the molecule is C.c1nn[nH]n1.c1nn[nH]n1. The van der Waals surface area contributed by atoms with Gasteiger partial charge in [-0.2, -0.15) is 10.4 Å². The van der Waals surface area contributed by atoms with E-state index >= 15 is 0 Å². The molecule has 2 rings (SSSR count). The maximum Gasteiger partial charge on any atom is 0.161 e. The van der Waals surface area contributed by atoms with Crippen molar-refractivity contribution in [2.24, 2.45) is 0 Å². The highest BCUT2D eigenvalue weighted by molar-refractivity contribution is 4.25. The molecule has 0 aliphatic heterocycles. The van der Waals surface area contributed by atoms with Crippen LogP contribution in [0.4, 0.5) is 0 Å². The minimum Gasteiger partial charge on any atom is -0.177 e. The Labute approximate surface area is 62.4 Å². The average molecular weight is 156 g/mol. The van der Waals surface area contributed by atoms with Gasteiger partial charge in [0.15, 0.2) is 12.7 Å². The molecule has 60 valence electrons. The second-order valence-corrected chi connectivity index (χ2v) is 1.12. The summed E-state index contributed by atoms with van der Waals surface area (Å²) in [7, 11) is 0. The van der Waals surface area contributed by atoms with Crippen LogP contribution in [0.1, 0.15) is 7.43 Å². The number of tetrazole rings is 2. The maximum absolute atomic E-state index is 3.38. The summed E-state index contributed by atoms with van der Waals surface area (Å²) >= 11 is 0. The molecule has 0 aromatic carbocycles. The van der Waals surface area contributed by atoms with Gasteiger partial charge in [-0.1, -0.05) is 17.9 Å². The van der Waals surface area contributed by atoms with Crippen LogP contribution in [0, 0.1) is 0 Å². The first kappa shape index (κ1) is 9.14. The van der Waals surface area contributed by atoms with Gasteiger partial charge in [0.05, 0.1) is 0 Å². The lowest BCUT2D eigenvalue weighted by atomic mass is 11.4. The van der Waals surface area contributed by atoms with Gasteiger partial charge in [-0.25, -0.2) is 0 Å². The van der Waals surface area contributed by atoms with Gasteiger partial charge in [-0.05, 0) is 0 Å². The van der Waals surface area contributed by atoms with Crippen LogP contribution in [0.15, 0.2) is 12.7 Å². The van der Waals surface area contributed by atoms with Gasteiger partial charge in [-0.15, -0.1) is 20.4 Å². The molecule has 0 aliphatic rings. The van der Waals surface area contributed by atoms with Crippen LogP contribution in [0.2, 0.25) is 0 Å². The lowest BCUT2D eigenvalue weighted by Gasteiger charge is -1.44. The van der Waals surface area contributed by atoms with Crippen molar-refractivity contribution in [1.29, 1.82) is 0 Å². The molecule has 0 radical (unpaired) electrons. The topological polar surface area (TPSA) is 109 Å². The molecule has 2 aromatic heterocycles. The second kappa shape index (κ2) is 6.26. The van der Waals surface area contributed by atoms with Crippen molar-refractivity contribution < 1.29 is 0 Å². The molecule has 0 unspecified atom stereocenters. The molecule has 2 aromatic rings. The first-order chi connectivity index (χ1) is 5.00. The van der Waals surface area contributed by atoms with E-state index in [-0.39, 0.29) is 7.43 Å². The molecule has 0 bridgehead atoms. The average Bonchev–Trinajstić information content (AvgIpc) is 2.67. The molecule has 0 saturated carbocycles. The highest BCUT2D eigenvalue weighted by Crippen LogP contribution is 1.44. The molecule has 0 amide bonds. The van der Waals surface area contributed by atoms with Crippen molar-refractivity contribution in [3.63, 3.8) is 0 Å². The Morgan fingerprint density at radius 1 is 0.818 bits per heavy atom. The van der Waals surface area contributed by atoms with Crippen molar-refractivity contribution in [2.75, 3.05) is 0 Å². The fourth-order valence-corrected chi connectivity index (χ4v) is 0.258. The van der Waals surface area contributed by atoms with Crippen LogP contribution < -0.4 is 0 Å². The summed E-state index contributed by atoms with van der Waals surface area (Å²) in [4.78, 5) is 0. The largest absolute Gasteiger partial charge is 0.177 e.